The van der Waals surface area contributed by atoms with Crippen molar-refractivity contribution in [1.29, 1.82) is 0 Å². The van der Waals surface area contributed by atoms with E-state index in [9.17, 15) is 4.79 Å². The summed E-state index contributed by atoms with van der Waals surface area (Å²) in [5, 5.41) is 0. The van der Waals surface area contributed by atoms with E-state index in [2.05, 4.69) is 0 Å². The molecule has 1 heterocycles. The number of rotatable bonds is 2. The molecule has 3 nitrogen and oxygen atoms in total. The molecule has 0 bridgehead atoms. The molecule has 1 fully saturated rings. The van der Waals surface area contributed by atoms with Crippen LogP contribution < -0.4 is 0 Å². The molecule has 2 aliphatic rings. The van der Waals surface area contributed by atoms with E-state index in [0.717, 1.165) is 24.7 Å². The molecule has 0 spiro atoms. The van der Waals surface area contributed by atoms with Gasteiger partial charge < -0.3 is 9.47 Å². The van der Waals surface area contributed by atoms with E-state index in [-0.39, 0.29) is 12.4 Å². The Kier molecular flexibility index (Phi) is 1.98. The number of hydrogen-bond acceptors (Lipinski definition) is 3. The van der Waals surface area contributed by atoms with Crippen molar-refractivity contribution in [2.24, 2.45) is 5.92 Å². The molecule has 0 amide bonds. The fourth-order valence-electron chi connectivity index (χ4n) is 1.91. The van der Waals surface area contributed by atoms with Gasteiger partial charge in [-0.25, -0.2) is 0 Å². The molecular weight excluding hydrogens is 156 g/mol. The smallest absolute Gasteiger partial charge is 0.158 e. The Balaban J connectivity index is 2.02. The number of fused-ring (bicyclic) bond motifs is 1. The van der Waals surface area contributed by atoms with Crippen molar-refractivity contribution in [3.8, 4) is 0 Å². The second kappa shape index (κ2) is 2.99. The summed E-state index contributed by atoms with van der Waals surface area (Å²) in [5.74, 6) is 0.398. The monoisotopic (exact) mass is 168 g/mol. The molecule has 2 unspecified atom stereocenters. The SMILES string of the molecule is CO[C@H]1CC2C=C(C=O)CC2O1. The fraction of sp³-hybridized carbons (Fsp3) is 0.667. The maximum Gasteiger partial charge on any atom is 0.158 e. The molecule has 3 heteroatoms. The molecule has 3 atom stereocenters. The first-order valence-corrected chi connectivity index (χ1v) is 4.17. The Labute approximate surface area is 71.3 Å². The summed E-state index contributed by atoms with van der Waals surface area (Å²) in [5.41, 5.74) is 0.875. The highest BCUT2D eigenvalue weighted by atomic mass is 16.7. The maximum absolute atomic E-state index is 10.4. The van der Waals surface area contributed by atoms with E-state index in [4.69, 9.17) is 9.47 Å². The molecule has 1 saturated heterocycles. The van der Waals surface area contributed by atoms with Crippen LogP contribution in [0.3, 0.4) is 0 Å². The molecule has 12 heavy (non-hydrogen) atoms. The van der Waals surface area contributed by atoms with E-state index >= 15 is 0 Å². The lowest BCUT2D eigenvalue weighted by Gasteiger charge is -2.09. The number of carbonyl (C=O) groups excluding carboxylic acids is 1. The van der Waals surface area contributed by atoms with E-state index in [0.29, 0.717) is 5.92 Å². The molecule has 0 aromatic heterocycles. The van der Waals surface area contributed by atoms with Crippen LogP contribution in [0.5, 0.6) is 0 Å². The van der Waals surface area contributed by atoms with Crippen molar-refractivity contribution in [1.82, 2.24) is 0 Å². The van der Waals surface area contributed by atoms with Crippen LogP contribution >= 0.6 is 0 Å². The topological polar surface area (TPSA) is 35.5 Å². The van der Waals surface area contributed by atoms with Crippen LogP contribution in [0.1, 0.15) is 12.8 Å². The van der Waals surface area contributed by atoms with Crippen LogP contribution in [0.15, 0.2) is 11.6 Å². The van der Waals surface area contributed by atoms with Gasteiger partial charge in [-0.15, -0.1) is 0 Å². The normalized spacial score (nSPS) is 39.4. The van der Waals surface area contributed by atoms with E-state index < -0.39 is 0 Å². The van der Waals surface area contributed by atoms with Gasteiger partial charge in [0.2, 0.25) is 0 Å². The molecule has 0 saturated carbocycles. The van der Waals surface area contributed by atoms with Crippen molar-refractivity contribution in [2.75, 3.05) is 7.11 Å². The van der Waals surface area contributed by atoms with Gasteiger partial charge in [0, 0.05) is 25.9 Å². The number of aldehydes is 1. The van der Waals surface area contributed by atoms with Crippen LogP contribution in [0.25, 0.3) is 0 Å². The fourth-order valence-corrected chi connectivity index (χ4v) is 1.91. The van der Waals surface area contributed by atoms with E-state index in [1.54, 1.807) is 7.11 Å². The van der Waals surface area contributed by atoms with Gasteiger partial charge >= 0.3 is 0 Å². The molecule has 1 aliphatic carbocycles. The summed E-state index contributed by atoms with van der Waals surface area (Å²) < 4.78 is 10.6. The second-order valence-electron chi connectivity index (χ2n) is 3.30. The van der Waals surface area contributed by atoms with Crippen LogP contribution in [0, 0.1) is 5.92 Å². The minimum atomic E-state index is -0.0653. The van der Waals surface area contributed by atoms with Crippen LogP contribution in [-0.2, 0) is 14.3 Å². The zero-order valence-electron chi connectivity index (χ0n) is 7.03. The molecule has 0 aromatic rings. The largest absolute Gasteiger partial charge is 0.356 e. The quantitative estimate of drug-likeness (QED) is 0.574. The Morgan fingerprint density at radius 2 is 2.58 bits per heavy atom. The number of ether oxygens (including phenoxy) is 2. The summed E-state index contributed by atoms with van der Waals surface area (Å²) in [7, 11) is 1.65. The van der Waals surface area contributed by atoms with Gasteiger partial charge in [-0.1, -0.05) is 6.08 Å². The molecule has 66 valence electrons. The van der Waals surface area contributed by atoms with Crippen molar-refractivity contribution in [3.05, 3.63) is 11.6 Å². The molecular formula is C9H12O3. The van der Waals surface area contributed by atoms with Gasteiger partial charge in [0.25, 0.3) is 0 Å². The molecule has 0 N–H and O–H groups in total. The average Bonchev–Trinajstić information content (AvgIpc) is 2.59. The Hall–Kier alpha value is -0.670. The van der Waals surface area contributed by atoms with E-state index in [1.165, 1.54) is 0 Å². The van der Waals surface area contributed by atoms with Gasteiger partial charge in [0.05, 0.1) is 6.10 Å². The van der Waals surface area contributed by atoms with Crippen molar-refractivity contribution >= 4 is 6.29 Å². The first kappa shape index (κ1) is 7.95. The molecule has 1 aliphatic heterocycles. The predicted octanol–water partition coefficient (Wildman–Crippen LogP) is 0.893. The summed E-state index contributed by atoms with van der Waals surface area (Å²) >= 11 is 0. The molecule has 0 radical (unpaired) electrons. The highest BCUT2D eigenvalue weighted by Gasteiger charge is 2.38. The van der Waals surface area contributed by atoms with Gasteiger partial charge in [0.1, 0.15) is 6.29 Å². The first-order chi connectivity index (χ1) is 5.83. The Morgan fingerprint density at radius 3 is 3.17 bits per heavy atom. The number of hydrogen-bond donors (Lipinski definition) is 0. The van der Waals surface area contributed by atoms with E-state index in [1.807, 2.05) is 6.08 Å². The van der Waals surface area contributed by atoms with Crippen LogP contribution in [0.2, 0.25) is 0 Å². The lowest BCUT2D eigenvalue weighted by atomic mass is 10.1. The number of methoxy groups -OCH3 is 1. The summed E-state index contributed by atoms with van der Waals surface area (Å²) in [6.07, 6.45) is 4.70. The van der Waals surface area contributed by atoms with Crippen molar-refractivity contribution in [3.63, 3.8) is 0 Å². The summed E-state index contributed by atoms with van der Waals surface area (Å²) in [6, 6.07) is 0. The predicted molar refractivity (Wildman–Crippen MR) is 42.5 cm³/mol. The highest BCUT2D eigenvalue weighted by molar-refractivity contribution is 5.74. The maximum atomic E-state index is 10.4. The van der Waals surface area contributed by atoms with Crippen molar-refractivity contribution in [2.45, 2.75) is 25.2 Å². The Bertz CT molecular complexity index is 222. The van der Waals surface area contributed by atoms with Gasteiger partial charge in [-0.2, -0.15) is 0 Å². The highest BCUT2D eigenvalue weighted by Crippen LogP contribution is 2.37. The van der Waals surface area contributed by atoms with Crippen LogP contribution in [0.4, 0.5) is 0 Å². The minimum Gasteiger partial charge on any atom is -0.356 e. The average molecular weight is 168 g/mol. The Morgan fingerprint density at radius 1 is 1.75 bits per heavy atom. The number of carbonyl (C=O) groups is 1. The van der Waals surface area contributed by atoms with Crippen molar-refractivity contribution < 1.29 is 14.3 Å². The van der Waals surface area contributed by atoms with Crippen LogP contribution in [-0.4, -0.2) is 25.8 Å². The second-order valence-corrected chi connectivity index (χ2v) is 3.30. The lowest BCUT2D eigenvalue weighted by Crippen LogP contribution is -2.12. The first-order valence-electron chi connectivity index (χ1n) is 4.17. The zero-order valence-corrected chi connectivity index (χ0v) is 7.03. The van der Waals surface area contributed by atoms with Gasteiger partial charge in [-0.05, 0) is 5.57 Å². The summed E-state index contributed by atoms with van der Waals surface area (Å²) in [4.78, 5) is 10.4. The van der Waals surface area contributed by atoms with Gasteiger partial charge in [-0.3, -0.25) is 4.79 Å². The lowest BCUT2D eigenvalue weighted by molar-refractivity contribution is -0.115. The third-order valence-corrected chi connectivity index (χ3v) is 2.55. The molecule has 0 aromatic carbocycles. The third-order valence-electron chi connectivity index (χ3n) is 2.55. The zero-order chi connectivity index (χ0) is 8.55. The third kappa shape index (κ3) is 1.19. The minimum absolute atomic E-state index is 0.0653. The molecule has 2 rings (SSSR count). The summed E-state index contributed by atoms with van der Waals surface area (Å²) in [6.45, 7) is 0. The standard InChI is InChI=1S/C9H12O3/c1-11-9-4-7-2-6(5-10)3-8(7)12-9/h2,5,7-9H,3-4H2,1H3/t7?,8?,9-/m1/s1. The van der Waals surface area contributed by atoms with Gasteiger partial charge in [0.15, 0.2) is 6.29 Å².